The summed E-state index contributed by atoms with van der Waals surface area (Å²) in [6, 6.07) is 11.3. The van der Waals surface area contributed by atoms with Crippen LogP contribution in [0.25, 0.3) is 21.9 Å². The zero-order valence-corrected chi connectivity index (χ0v) is 25.9. The van der Waals surface area contributed by atoms with Gasteiger partial charge in [-0.15, -0.1) is 0 Å². The van der Waals surface area contributed by atoms with Crippen molar-refractivity contribution in [2.24, 2.45) is 5.41 Å². The SMILES string of the molecule is C[C@H](NP(=O)(OC[C@H]1O[C@@H](n2cnc3c(N)ncnc32)[C@](C)(O)[C@@H]1F)Oc1cccc2ccccc12)C(=O)OCC(C)(C)C. The van der Waals surface area contributed by atoms with E-state index in [0.29, 0.717) is 5.39 Å². The van der Waals surface area contributed by atoms with Gasteiger partial charge in [-0.25, -0.2) is 23.9 Å². The van der Waals surface area contributed by atoms with Gasteiger partial charge in [-0.3, -0.25) is 13.9 Å². The average molecular weight is 631 g/mol. The van der Waals surface area contributed by atoms with Gasteiger partial charge in [0.15, 0.2) is 23.9 Å². The third-order valence-corrected chi connectivity index (χ3v) is 8.69. The first kappa shape index (κ1) is 31.7. The minimum absolute atomic E-state index is 0.107. The molecule has 2 aromatic heterocycles. The number of nitrogens with two attached hydrogens (primary N) is 1. The van der Waals surface area contributed by atoms with Crippen LogP contribution in [0.2, 0.25) is 0 Å². The number of benzene rings is 2. The second-order valence-electron chi connectivity index (χ2n) is 12.1. The van der Waals surface area contributed by atoms with Gasteiger partial charge in [-0.05, 0) is 30.7 Å². The predicted octanol–water partition coefficient (Wildman–Crippen LogP) is 4.32. The number of imidazole rings is 1. The second kappa shape index (κ2) is 12.0. The molecule has 13 nitrogen and oxygen atoms in total. The number of alkyl halides is 1. The number of rotatable bonds is 10. The Bertz CT molecular complexity index is 1710. The number of anilines is 1. The molecule has 0 radical (unpaired) electrons. The highest BCUT2D eigenvalue weighted by atomic mass is 31.2. The molecule has 44 heavy (non-hydrogen) atoms. The van der Waals surface area contributed by atoms with Gasteiger partial charge in [0.05, 0.1) is 19.5 Å². The molecule has 1 aliphatic heterocycles. The molecule has 1 fully saturated rings. The molecule has 4 N–H and O–H groups in total. The summed E-state index contributed by atoms with van der Waals surface area (Å²) in [6.45, 7) is 7.94. The Morgan fingerprint density at radius 3 is 2.70 bits per heavy atom. The van der Waals surface area contributed by atoms with Gasteiger partial charge < -0.3 is 24.8 Å². The number of carbonyl (C=O) groups excluding carboxylic acids is 1. The highest BCUT2D eigenvalue weighted by Crippen LogP contribution is 2.49. The van der Waals surface area contributed by atoms with Crippen molar-refractivity contribution in [3.8, 4) is 5.75 Å². The Morgan fingerprint density at radius 2 is 1.95 bits per heavy atom. The fourth-order valence-corrected chi connectivity index (χ4v) is 6.29. The Labute approximate surface area is 253 Å². The normalized spacial score (nSPS) is 24.3. The van der Waals surface area contributed by atoms with Crippen LogP contribution >= 0.6 is 7.75 Å². The largest absolute Gasteiger partial charge is 0.464 e. The smallest absolute Gasteiger partial charge is 0.459 e. The van der Waals surface area contributed by atoms with Crippen LogP contribution in [0.3, 0.4) is 0 Å². The van der Waals surface area contributed by atoms with Gasteiger partial charge in [-0.1, -0.05) is 57.2 Å². The summed E-state index contributed by atoms with van der Waals surface area (Å²) < 4.78 is 54.3. The van der Waals surface area contributed by atoms with Gasteiger partial charge in [0.25, 0.3) is 0 Å². The summed E-state index contributed by atoms with van der Waals surface area (Å²) in [6.07, 6.45) is -2.16. The van der Waals surface area contributed by atoms with Crippen molar-refractivity contribution in [3.05, 3.63) is 55.1 Å². The van der Waals surface area contributed by atoms with Crippen molar-refractivity contribution in [2.75, 3.05) is 18.9 Å². The molecular weight excluding hydrogens is 594 g/mol. The van der Waals surface area contributed by atoms with Crippen LogP contribution in [0.5, 0.6) is 5.75 Å². The standard InChI is InChI=1S/C29H36FN6O7P/c1-17(26(37)40-14-28(2,3)4)35-44(39,43-20-12-8-10-18-9-6-7-11-19(18)20)41-13-21-23(30)29(5,38)27(42-21)36-16-34-22-24(31)32-15-33-25(22)36/h6-12,15-17,21,23,27,38H,13-14H2,1-5H3,(H,35,39)(H2,31,32,33)/t17-,21+,23+,27+,29+,44?/m0/s1. The number of aliphatic hydroxyl groups is 1. The van der Waals surface area contributed by atoms with E-state index in [1.54, 1.807) is 24.3 Å². The average Bonchev–Trinajstić information content (AvgIpc) is 3.49. The Morgan fingerprint density at radius 1 is 1.23 bits per heavy atom. The van der Waals surface area contributed by atoms with Crippen molar-refractivity contribution in [2.45, 2.75) is 64.8 Å². The number of esters is 1. The summed E-state index contributed by atoms with van der Waals surface area (Å²) in [7, 11) is -4.40. The summed E-state index contributed by atoms with van der Waals surface area (Å²) in [5.41, 5.74) is 3.99. The van der Waals surface area contributed by atoms with E-state index in [1.807, 2.05) is 39.0 Å². The molecule has 0 aliphatic carbocycles. The molecule has 0 saturated carbocycles. The maximum atomic E-state index is 15.7. The lowest BCUT2D eigenvalue weighted by Gasteiger charge is -2.26. The third-order valence-electron chi connectivity index (χ3n) is 7.06. The number of aromatic nitrogens is 4. The Balaban J connectivity index is 1.39. The van der Waals surface area contributed by atoms with E-state index in [-0.39, 0.29) is 34.8 Å². The molecule has 1 saturated heterocycles. The van der Waals surface area contributed by atoms with Crippen LogP contribution in [-0.4, -0.2) is 67.7 Å². The van der Waals surface area contributed by atoms with Crippen molar-refractivity contribution in [1.29, 1.82) is 0 Å². The number of nitrogen functional groups attached to an aromatic ring is 1. The van der Waals surface area contributed by atoms with Crippen LogP contribution < -0.4 is 15.3 Å². The van der Waals surface area contributed by atoms with Gasteiger partial charge in [-0.2, -0.15) is 5.09 Å². The number of nitrogens with one attached hydrogen (secondary N) is 1. The molecule has 1 unspecified atom stereocenters. The minimum atomic E-state index is -4.40. The maximum Gasteiger partial charge on any atom is 0.459 e. The Hall–Kier alpha value is -3.68. The summed E-state index contributed by atoms with van der Waals surface area (Å²) in [5, 5.41) is 15.2. The molecule has 236 valence electrons. The molecule has 15 heteroatoms. The first-order valence-electron chi connectivity index (χ1n) is 14.0. The topological polar surface area (TPSA) is 173 Å². The number of nitrogens with zero attached hydrogens (tertiary/aromatic N) is 4. The van der Waals surface area contributed by atoms with Gasteiger partial charge in [0, 0.05) is 5.39 Å². The molecular formula is C29H36FN6O7P. The van der Waals surface area contributed by atoms with Crippen molar-refractivity contribution in [1.82, 2.24) is 24.6 Å². The number of carbonyl (C=O) groups is 1. The van der Waals surface area contributed by atoms with Crippen LogP contribution in [0.4, 0.5) is 10.2 Å². The predicted molar refractivity (Wildman–Crippen MR) is 160 cm³/mol. The first-order valence-corrected chi connectivity index (χ1v) is 15.5. The third kappa shape index (κ3) is 6.54. The summed E-state index contributed by atoms with van der Waals surface area (Å²) >= 11 is 0. The van der Waals surface area contributed by atoms with Crippen LogP contribution in [0.1, 0.15) is 40.8 Å². The van der Waals surface area contributed by atoms with Crippen LogP contribution in [-0.2, 0) is 23.4 Å². The summed E-state index contributed by atoms with van der Waals surface area (Å²) in [5.74, 6) is -0.358. The van der Waals surface area contributed by atoms with Gasteiger partial charge in [0.2, 0.25) is 0 Å². The van der Waals surface area contributed by atoms with E-state index >= 15 is 4.39 Å². The second-order valence-corrected chi connectivity index (χ2v) is 13.8. The zero-order chi connectivity index (χ0) is 31.9. The molecule has 0 amide bonds. The highest BCUT2D eigenvalue weighted by molar-refractivity contribution is 7.52. The fourth-order valence-electron chi connectivity index (χ4n) is 4.77. The highest BCUT2D eigenvalue weighted by Gasteiger charge is 2.55. The lowest BCUT2D eigenvalue weighted by atomic mass is 9.98. The fraction of sp³-hybridized carbons (Fsp3) is 0.448. The zero-order valence-electron chi connectivity index (χ0n) is 25.0. The summed E-state index contributed by atoms with van der Waals surface area (Å²) in [4.78, 5) is 25.0. The lowest BCUT2D eigenvalue weighted by molar-refractivity contribution is -0.148. The lowest BCUT2D eigenvalue weighted by Crippen LogP contribution is -2.42. The van der Waals surface area contributed by atoms with E-state index in [2.05, 4.69) is 20.0 Å². The molecule has 3 heterocycles. The molecule has 6 atom stereocenters. The minimum Gasteiger partial charge on any atom is -0.464 e. The number of ether oxygens (including phenoxy) is 2. The maximum absolute atomic E-state index is 15.7. The molecule has 4 aromatic rings. The number of halogens is 1. The number of fused-ring (bicyclic) bond motifs is 2. The van der Waals surface area contributed by atoms with Gasteiger partial charge >= 0.3 is 13.7 Å². The number of hydrogen-bond donors (Lipinski definition) is 3. The molecule has 1 aliphatic rings. The molecule has 0 bridgehead atoms. The number of hydrogen-bond acceptors (Lipinski definition) is 11. The van der Waals surface area contributed by atoms with Crippen LogP contribution in [0.15, 0.2) is 55.1 Å². The van der Waals surface area contributed by atoms with E-state index < -0.39 is 50.5 Å². The molecule has 0 spiro atoms. The monoisotopic (exact) mass is 630 g/mol. The quantitative estimate of drug-likeness (QED) is 0.168. The van der Waals surface area contributed by atoms with Crippen molar-refractivity contribution >= 4 is 41.5 Å². The van der Waals surface area contributed by atoms with Gasteiger partial charge in [0.1, 0.15) is 35.3 Å². The van der Waals surface area contributed by atoms with E-state index in [9.17, 15) is 14.5 Å². The van der Waals surface area contributed by atoms with Crippen LogP contribution in [0, 0.1) is 5.41 Å². The molecule has 5 rings (SSSR count). The van der Waals surface area contributed by atoms with Crippen molar-refractivity contribution in [3.63, 3.8) is 0 Å². The van der Waals surface area contributed by atoms with E-state index in [1.165, 1.54) is 31.1 Å². The first-order chi connectivity index (χ1) is 20.7. The van der Waals surface area contributed by atoms with E-state index in [4.69, 9.17) is 24.3 Å². The van der Waals surface area contributed by atoms with E-state index in [0.717, 1.165) is 5.39 Å². The Kier molecular flexibility index (Phi) is 8.67. The van der Waals surface area contributed by atoms with Crippen molar-refractivity contribution < 1.29 is 37.4 Å². The molecule has 2 aromatic carbocycles.